The fourth-order valence-corrected chi connectivity index (χ4v) is 3.50. The van der Waals surface area contributed by atoms with Crippen molar-refractivity contribution >= 4 is 11.8 Å². The molecule has 0 aliphatic heterocycles. The number of rotatable bonds is 11. The second-order valence-corrected chi connectivity index (χ2v) is 7.73. The molecule has 3 rings (SSSR count). The number of likely N-dealkylation sites (N-methyl/N-ethyl adjacent to an activating group) is 1. The summed E-state index contributed by atoms with van der Waals surface area (Å²) in [5, 5.41) is 0. The van der Waals surface area contributed by atoms with Gasteiger partial charge in [-0.1, -0.05) is 36.4 Å². The van der Waals surface area contributed by atoms with Gasteiger partial charge >= 0.3 is 0 Å². The molecule has 7 nitrogen and oxygen atoms in total. The Balaban J connectivity index is 1.58. The van der Waals surface area contributed by atoms with Gasteiger partial charge in [0.25, 0.3) is 5.91 Å². The number of carbonyl (C=O) groups excluding carboxylic acids is 2. The van der Waals surface area contributed by atoms with E-state index in [1.165, 1.54) is 12.5 Å². The Labute approximate surface area is 194 Å². The van der Waals surface area contributed by atoms with Crippen LogP contribution in [0, 0.1) is 0 Å². The van der Waals surface area contributed by atoms with Gasteiger partial charge in [-0.15, -0.1) is 0 Å². The molecule has 0 aliphatic rings. The highest BCUT2D eigenvalue weighted by Crippen LogP contribution is 2.27. The first-order valence-corrected chi connectivity index (χ1v) is 10.8. The molecular formula is C26H30N2O5. The lowest BCUT2D eigenvalue weighted by atomic mass is 10.1. The van der Waals surface area contributed by atoms with Crippen LogP contribution in [0.4, 0.5) is 0 Å². The van der Waals surface area contributed by atoms with Gasteiger partial charge in [-0.25, -0.2) is 0 Å². The van der Waals surface area contributed by atoms with E-state index in [2.05, 4.69) is 0 Å². The van der Waals surface area contributed by atoms with E-state index in [1.54, 1.807) is 37.1 Å². The quantitative estimate of drug-likeness (QED) is 0.441. The van der Waals surface area contributed by atoms with Crippen LogP contribution in [0.25, 0.3) is 0 Å². The summed E-state index contributed by atoms with van der Waals surface area (Å²) < 4.78 is 15.7. The predicted molar refractivity (Wildman–Crippen MR) is 125 cm³/mol. The topological polar surface area (TPSA) is 72.2 Å². The number of furan rings is 1. The Morgan fingerprint density at radius 2 is 1.67 bits per heavy atom. The molecule has 0 aliphatic carbocycles. The number of nitrogens with zero attached hydrogens (tertiary/aromatic N) is 2. The molecule has 0 radical (unpaired) electrons. The SMILES string of the molecule is COc1ccc(CCN(C)C(=O)CCN(Cc2ccccc2)C(=O)c2ccoc2)cc1OC. The van der Waals surface area contributed by atoms with E-state index in [-0.39, 0.29) is 18.2 Å². The minimum Gasteiger partial charge on any atom is -0.493 e. The van der Waals surface area contributed by atoms with Crippen LogP contribution in [0.2, 0.25) is 0 Å². The van der Waals surface area contributed by atoms with E-state index in [4.69, 9.17) is 13.9 Å². The van der Waals surface area contributed by atoms with Gasteiger partial charge < -0.3 is 23.7 Å². The molecule has 1 aromatic heterocycles. The summed E-state index contributed by atoms with van der Waals surface area (Å²) in [5.41, 5.74) is 2.52. The van der Waals surface area contributed by atoms with Crippen LogP contribution < -0.4 is 9.47 Å². The molecule has 0 saturated carbocycles. The second kappa shape index (κ2) is 11.8. The van der Waals surface area contributed by atoms with Crippen molar-refractivity contribution in [2.45, 2.75) is 19.4 Å². The van der Waals surface area contributed by atoms with Crippen molar-refractivity contribution in [3.8, 4) is 11.5 Å². The van der Waals surface area contributed by atoms with E-state index in [0.717, 1.165) is 11.1 Å². The van der Waals surface area contributed by atoms with Crippen molar-refractivity contribution in [1.82, 2.24) is 9.80 Å². The third kappa shape index (κ3) is 6.62. The summed E-state index contributed by atoms with van der Waals surface area (Å²) >= 11 is 0. The monoisotopic (exact) mass is 450 g/mol. The molecule has 0 bridgehead atoms. The van der Waals surface area contributed by atoms with E-state index in [1.807, 2.05) is 48.5 Å². The number of hydrogen-bond donors (Lipinski definition) is 0. The van der Waals surface area contributed by atoms with Gasteiger partial charge in [-0.2, -0.15) is 0 Å². The Morgan fingerprint density at radius 3 is 2.33 bits per heavy atom. The number of benzene rings is 2. The van der Waals surface area contributed by atoms with Gasteiger partial charge in [-0.3, -0.25) is 9.59 Å². The molecule has 2 amide bonds. The molecule has 0 saturated heterocycles. The maximum absolute atomic E-state index is 12.9. The van der Waals surface area contributed by atoms with E-state index < -0.39 is 0 Å². The van der Waals surface area contributed by atoms with Gasteiger partial charge in [0.15, 0.2) is 11.5 Å². The lowest BCUT2D eigenvalue weighted by Gasteiger charge is -2.24. The molecule has 3 aromatic rings. The van der Waals surface area contributed by atoms with E-state index in [0.29, 0.717) is 43.1 Å². The van der Waals surface area contributed by atoms with Gasteiger partial charge in [0.2, 0.25) is 5.91 Å². The second-order valence-electron chi connectivity index (χ2n) is 7.73. The molecule has 0 N–H and O–H groups in total. The van der Waals surface area contributed by atoms with Gasteiger partial charge in [0.1, 0.15) is 6.26 Å². The molecule has 0 unspecified atom stereocenters. The molecular weight excluding hydrogens is 420 g/mol. The average molecular weight is 451 g/mol. The zero-order valence-corrected chi connectivity index (χ0v) is 19.3. The van der Waals surface area contributed by atoms with Crippen molar-refractivity contribution in [1.29, 1.82) is 0 Å². The first kappa shape index (κ1) is 23.9. The molecule has 7 heteroatoms. The van der Waals surface area contributed by atoms with Gasteiger partial charge in [0.05, 0.1) is 26.0 Å². The normalized spacial score (nSPS) is 10.5. The first-order chi connectivity index (χ1) is 16.0. The number of carbonyl (C=O) groups is 2. The van der Waals surface area contributed by atoms with Crippen molar-refractivity contribution in [3.05, 3.63) is 83.8 Å². The van der Waals surface area contributed by atoms with Crippen LogP contribution in [-0.2, 0) is 17.8 Å². The fraction of sp³-hybridized carbons (Fsp3) is 0.308. The fourth-order valence-electron chi connectivity index (χ4n) is 3.50. The number of amides is 2. The summed E-state index contributed by atoms with van der Waals surface area (Å²) in [4.78, 5) is 29.1. The summed E-state index contributed by atoms with van der Waals surface area (Å²) in [5.74, 6) is 1.16. The van der Waals surface area contributed by atoms with Gasteiger partial charge in [-0.05, 0) is 35.7 Å². The Bertz CT molecular complexity index is 1030. The van der Waals surface area contributed by atoms with Crippen molar-refractivity contribution < 1.29 is 23.5 Å². The summed E-state index contributed by atoms with van der Waals surface area (Å²) in [6.07, 6.45) is 3.82. The highest BCUT2D eigenvalue weighted by molar-refractivity contribution is 5.94. The number of methoxy groups -OCH3 is 2. The minimum absolute atomic E-state index is 0.0199. The number of ether oxygens (including phenoxy) is 2. The third-order valence-corrected chi connectivity index (χ3v) is 5.48. The summed E-state index contributed by atoms with van der Waals surface area (Å²) in [6, 6.07) is 17.1. The maximum Gasteiger partial charge on any atom is 0.257 e. The minimum atomic E-state index is -0.159. The van der Waals surface area contributed by atoms with E-state index in [9.17, 15) is 9.59 Å². The van der Waals surface area contributed by atoms with Crippen molar-refractivity contribution in [2.24, 2.45) is 0 Å². The first-order valence-electron chi connectivity index (χ1n) is 10.8. The van der Waals surface area contributed by atoms with E-state index >= 15 is 0 Å². The molecule has 2 aromatic carbocycles. The Morgan fingerprint density at radius 1 is 0.909 bits per heavy atom. The lowest BCUT2D eigenvalue weighted by molar-refractivity contribution is -0.130. The highest BCUT2D eigenvalue weighted by atomic mass is 16.5. The van der Waals surface area contributed by atoms with Crippen molar-refractivity contribution in [2.75, 3.05) is 34.4 Å². The van der Waals surface area contributed by atoms with Crippen LogP contribution >= 0.6 is 0 Å². The molecule has 1 heterocycles. The molecule has 0 atom stereocenters. The van der Waals surface area contributed by atoms with Gasteiger partial charge in [0, 0.05) is 33.1 Å². The molecule has 0 fully saturated rings. The standard InChI is InChI=1S/C26H30N2O5/c1-27(14-11-20-9-10-23(31-2)24(17-20)32-3)25(29)12-15-28(18-21-7-5-4-6-8-21)26(30)22-13-16-33-19-22/h4-10,13,16-17,19H,11-12,14-15,18H2,1-3H3. The maximum atomic E-state index is 12.9. The summed E-state index contributed by atoms with van der Waals surface area (Å²) in [6.45, 7) is 1.30. The zero-order valence-electron chi connectivity index (χ0n) is 19.3. The largest absolute Gasteiger partial charge is 0.493 e. The average Bonchev–Trinajstić information content (AvgIpc) is 3.39. The van der Waals surface area contributed by atoms with Crippen LogP contribution in [-0.4, -0.2) is 56.0 Å². The Hall–Kier alpha value is -3.74. The Kier molecular flexibility index (Phi) is 8.52. The molecule has 174 valence electrons. The van der Waals surface area contributed by atoms with Crippen molar-refractivity contribution in [3.63, 3.8) is 0 Å². The predicted octanol–water partition coefficient (Wildman–Crippen LogP) is 4.03. The van der Waals surface area contributed by atoms with Crippen LogP contribution in [0.1, 0.15) is 27.9 Å². The van der Waals surface area contributed by atoms with Crippen LogP contribution in [0.5, 0.6) is 11.5 Å². The smallest absolute Gasteiger partial charge is 0.257 e. The third-order valence-electron chi connectivity index (χ3n) is 5.48. The summed E-state index contributed by atoms with van der Waals surface area (Å²) in [7, 11) is 4.98. The molecule has 0 spiro atoms. The lowest BCUT2D eigenvalue weighted by Crippen LogP contribution is -2.36. The molecule has 33 heavy (non-hydrogen) atoms. The van der Waals surface area contributed by atoms with Crippen LogP contribution in [0.15, 0.2) is 71.5 Å². The highest BCUT2D eigenvalue weighted by Gasteiger charge is 2.19. The number of hydrogen-bond acceptors (Lipinski definition) is 5. The van der Waals surface area contributed by atoms with Crippen LogP contribution in [0.3, 0.4) is 0 Å². The zero-order chi connectivity index (χ0) is 23.6.